The van der Waals surface area contributed by atoms with Crippen molar-refractivity contribution in [3.63, 3.8) is 0 Å². The molecule has 1 aromatic carbocycles. The molecule has 0 fully saturated rings. The highest BCUT2D eigenvalue weighted by Crippen LogP contribution is 2.40. The quantitative estimate of drug-likeness (QED) is 0.757. The van der Waals surface area contributed by atoms with Gasteiger partial charge in [0.15, 0.2) is 11.6 Å². The molecule has 0 aliphatic carbocycles. The van der Waals surface area contributed by atoms with Crippen molar-refractivity contribution in [3.05, 3.63) is 42.1 Å². The number of halogens is 3. The van der Waals surface area contributed by atoms with Crippen molar-refractivity contribution in [3.8, 4) is 5.75 Å². The predicted molar refractivity (Wildman–Crippen MR) is 88.9 cm³/mol. The Labute approximate surface area is 149 Å². The normalized spacial score (nSPS) is 16.6. The van der Waals surface area contributed by atoms with E-state index in [1.165, 1.54) is 24.4 Å². The van der Waals surface area contributed by atoms with Crippen LogP contribution in [0.1, 0.15) is 12.0 Å². The van der Waals surface area contributed by atoms with Gasteiger partial charge in [-0.25, -0.2) is 4.98 Å². The Bertz CT molecular complexity index is 873. The van der Waals surface area contributed by atoms with Gasteiger partial charge in [-0.3, -0.25) is 9.59 Å². The molecule has 0 spiro atoms. The molecule has 1 atom stereocenters. The second kappa shape index (κ2) is 6.87. The van der Waals surface area contributed by atoms with Gasteiger partial charge in [-0.2, -0.15) is 13.2 Å². The van der Waals surface area contributed by atoms with E-state index in [1.54, 1.807) is 0 Å². The molecule has 2 heterocycles. The fourth-order valence-electron chi connectivity index (χ4n) is 2.31. The first kappa shape index (κ1) is 18.1. The van der Waals surface area contributed by atoms with Gasteiger partial charge in [0.1, 0.15) is 0 Å². The largest absolute Gasteiger partial charge is 0.504 e. The molecule has 1 aliphatic rings. The first-order valence-electron chi connectivity index (χ1n) is 7.36. The molecule has 0 saturated heterocycles. The SMILES string of the molecule is O=C(C[C@@H]1Sc2ccc(C(F)(F)F)cc2NC1=O)Nc1ncccc1O. The highest BCUT2D eigenvalue weighted by Gasteiger charge is 2.34. The van der Waals surface area contributed by atoms with Crippen molar-refractivity contribution < 1.29 is 27.9 Å². The average molecular weight is 383 g/mol. The highest BCUT2D eigenvalue weighted by atomic mass is 32.2. The first-order valence-corrected chi connectivity index (χ1v) is 8.24. The maximum absolute atomic E-state index is 12.7. The summed E-state index contributed by atoms with van der Waals surface area (Å²) in [6, 6.07) is 5.88. The number of alkyl halides is 3. The second-order valence-corrected chi connectivity index (χ2v) is 6.67. The molecule has 3 N–H and O–H groups in total. The molecular formula is C16H12F3N3O3S. The number of carbonyl (C=O) groups is 2. The minimum atomic E-state index is -4.51. The zero-order chi connectivity index (χ0) is 18.9. The fraction of sp³-hybridized carbons (Fsp3) is 0.188. The lowest BCUT2D eigenvalue weighted by Gasteiger charge is -2.24. The molecule has 136 valence electrons. The molecule has 1 aromatic heterocycles. The lowest BCUT2D eigenvalue weighted by molar-refractivity contribution is -0.137. The topological polar surface area (TPSA) is 91.3 Å². The number of pyridine rings is 1. The molecular weight excluding hydrogens is 371 g/mol. The van der Waals surface area contributed by atoms with Crippen LogP contribution in [0.25, 0.3) is 0 Å². The van der Waals surface area contributed by atoms with Crippen molar-refractivity contribution in [2.45, 2.75) is 22.7 Å². The molecule has 0 saturated carbocycles. The average Bonchev–Trinajstić information content (AvgIpc) is 2.56. The number of thioether (sulfide) groups is 1. The lowest BCUT2D eigenvalue weighted by Crippen LogP contribution is -2.32. The molecule has 6 nitrogen and oxygen atoms in total. The van der Waals surface area contributed by atoms with Crippen LogP contribution >= 0.6 is 11.8 Å². The molecule has 1 aliphatic heterocycles. The van der Waals surface area contributed by atoms with Gasteiger partial charge in [0.2, 0.25) is 11.8 Å². The number of aromatic hydroxyl groups is 1. The van der Waals surface area contributed by atoms with Crippen molar-refractivity contribution in [2.75, 3.05) is 10.6 Å². The summed E-state index contributed by atoms with van der Waals surface area (Å²) >= 11 is 1.00. The minimum absolute atomic E-state index is 0.0334. The lowest BCUT2D eigenvalue weighted by atomic mass is 10.1. The van der Waals surface area contributed by atoms with Gasteiger partial charge >= 0.3 is 6.18 Å². The van der Waals surface area contributed by atoms with Crippen LogP contribution in [-0.4, -0.2) is 27.2 Å². The van der Waals surface area contributed by atoms with Crippen LogP contribution in [-0.2, 0) is 15.8 Å². The number of nitrogens with one attached hydrogen (secondary N) is 2. The number of hydrogen-bond acceptors (Lipinski definition) is 5. The van der Waals surface area contributed by atoms with Crippen molar-refractivity contribution in [1.29, 1.82) is 0 Å². The zero-order valence-corrected chi connectivity index (χ0v) is 13.8. The molecule has 26 heavy (non-hydrogen) atoms. The van der Waals surface area contributed by atoms with E-state index in [4.69, 9.17) is 0 Å². The van der Waals surface area contributed by atoms with Crippen LogP contribution < -0.4 is 10.6 Å². The number of fused-ring (bicyclic) bond motifs is 1. The number of carbonyl (C=O) groups excluding carboxylic acids is 2. The molecule has 10 heteroatoms. The third kappa shape index (κ3) is 3.90. The summed E-state index contributed by atoms with van der Waals surface area (Å²) in [4.78, 5) is 28.4. The summed E-state index contributed by atoms with van der Waals surface area (Å²) in [6.45, 7) is 0. The van der Waals surface area contributed by atoms with E-state index in [0.29, 0.717) is 4.90 Å². The van der Waals surface area contributed by atoms with Gasteiger partial charge in [-0.1, -0.05) is 0 Å². The Morgan fingerprint density at radius 3 is 2.81 bits per heavy atom. The van der Waals surface area contributed by atoms with Gasteiger partial charge in [-0.15, -0.1) is 11.8 Å². The van der Waals surface area contributed by atoms with Crippen LogP contribution in [0.4, 0.5) is 24.7 Å². The summed E-state index contributed by atoms with van der Waals surface area (Å²) in [5.41, 5.74) is -0.798. The van der Waals surface area contributed by atoms with E-state index in [2.05, 4.69) is 15.6 Å². The number of rotatable bonds is 3. The Morgan fingerprint density at radius 1 is 1.35 bits per heavy atom. The second-order valence-electron chi connectivity index (χ2n) is 5.43. The molecule has 0 radical (unpaired) electrons. The van der Waals surface area contributed by atoms with E-state index in [9.17, 15) is 27.9 Å². The zero-order valence-electron chi connectivity index (χ0n) is 13.0. The van der Waals surface area contributed by atoms with E-state index in [0.717, 1.165) is 23.9 Å². The molecule has 0 unspecified atom stereocenters. The smallest absolute Gasteiger partial charge is 0.416 e. The van der Waals surface area contributed by atoms with Crippen LogP contribution in [0.3, 0.4) is 0 Å². The monoisotopic (exact) mass is 383 g/mol. The number of nitrogens with zero attached hydrogens (tertiary/aromatic N) is 1. The first-order chi connectivity index (χ1) is 12.2. The van der Waals surface area contributed by atoms with Crippen LogP contribution in [0, 0.1) is 0 Å². The number of hydrogen-bond donors (Lipinski definition) is 3. The number of amides is 2. The fourth-order valence-corrected chi connectivity index (χ4v) is 3.40. The standard InChI is InChI=1S/C16H12F3N3O3S/c17-16(18,19)8-3-4-11-9(6-8)21-15(25)12(26-11)7-13(24)22-14-10(23)2-1-5-20-14/h1-6,12,23H,7H2,(H,21,25)(H,20,22,24)/t12-/m0/s1. The van der Waals surface area contributed by atoms with Crippen LogP contribution in [0.5, 0.6) is 5.75 Å². The molecule has 2 amide bonds. The predicted octanol–water partition coefficient (Wildman–Crippen LogP) is 3.25. The third-order valence-electron chi connectivity index (χ3n) is 3.54. The maximum Gasteiger partial charge on any atom is 0.416 e. The molecule has 2 aromatic rings. The van der Waals surface area contributed by atoms with E-state index >= 15 is 0 Å². The van der Waals surface area contributed by atoms with E-state index in [1.807, 2.05) is 0 Å². The number of benzene rings is 1. The van der Waals surface area contributed by atoms with Gasteiger partial charge < -0.3 is 15.7 Å². The van der Waals surface area contributed by atoms with Crippen molar-refractivity contribution in [1.82, 2.24) is 4.98 Å². The highest BCUT2D eigenvalue weighted by molar-refractivity contribution is 8.01. The Kier molecular flexibility index (Phi) is 4.77. The summed E-state index contributed by atoms with van der Waals surface area (Å²) < 4.78 is 38.2. The molecule has 0 bridgehead atoms. The van der Waals surface area contributed by atoms with Crippen LogP contribution in [0.2, 0.25) is 0 Å². The van der Waals surface area contributed by atoms with E-state index in [-0.39, 0.29) is 23.7 Å². The maximum atomic E-state index is 12.7. The van der Waals surface area contributed by atoms with Gasteiger partial charge in [0, 0.05) is 17.5 Å². The van der Waals surface area contributed by atoms with Gasteiger partial charge in [-0.05, 0) is 30.3 Å². The summed E-state index contributed by atoms with van der Waals surface area (Å²) in [7, 11) is 0. The van der Waals surface area contributed by atoms with E-state index < -0.39 is 28.8 Å². The Morgan fingerprint density at radius 2 is 2.12 bits per heavy atom. The van der Waals surface area contributed by atoms with Crippen molar-refractivity contribution >= 4 is 35.1 Å². The van der Waals surface area contributed by atoms with Crippen molar-refractivity contribution in [2.24, 2.45) is 0 Å². The Hall–Kier alpha value is -2.75. The summed E-state index contributed by atoms with van der Waals surface area (Å²) in [5.74, 6) is -1.37. The minimum Gasteiger partial charge on any atom is -0.504 e. The number of aromatic nitrogens is 1. The number of anilines is 2. The summed E-state index contributed by atoms with van der Waals surface area (Å²) in [5, 5.41) is 13.6. The van der Waals surface area contributed by atoms with Gasteiger partial charge in [0.05, 0.1) is 16.5 Å². The Balaban J connectivity index is 1.70. The molecule has 3 rings (SSSR count). The summed E-state index contributed by atoms with van der Waals surface area (Å²) in [6.07, 6.45) is -3.36. The third-order valence-corrected chi connectivity index (χ3v) is 4.82. The van der Waals surface area contributed by atoms with Crippen LogP contribution in [0.15, 0.2) is 41.4 Å². The van der Waals surface area contributed by atoms with Gasteiger partial charge in [0.25, 0.3) is 0 Å².